The summed E-state index contributed by atoms with van der Waals surface area (Å²) in [5, 5.41) is 2.72. The Hall–Kier alpha value is -1.51. The molecule has 0 aliphatic carbocycles. The number of rotatable bonds is 4. The summed E-state index contributed by atoms with van der Waals surface area (Å²) in [5.41, 5.74) is 0.564. The molecule has 0 spiro atoms. The lowest BCUT2D eigenvalue weighted by atomic mass is 10.2. The molecule has 0 rings (SSSR count). The molecule has 0 aromatic heterocycles. The van der Waals surface area contributed by atoms with Gasteiger partial charge in [-0.15, -0.1) is 0 Å². The van der Waals surface area contributed by atoms with Crippen LogP contribution < -0.4 is 5.32 Å². The van der Waals surface area contributed by atoms with E-state index in [1.54, 1.807) is 0 Å². The second-order valence-electron chi connectivity index (χ2n) is 4.62. The van der Waals surface area contributed by atoms with Crippen molar-refractivity contribution in [2.24, 2.45) is 0 Å². The van der Waals surface area contributed by atoms with Crippen LogP contribution in [0.3, 0.4) is 0 Å². The van der Waals surface area contributed by atoms with E-state index in [1.807, 2.05) is 78.8 Å². The van der Waals surface area contributed by atoms with Gasteiger partial charge in [0.1, 0.15) is 5.60 Å². The van der Waals surface area contributed by atoms with Crippen LogP contribution in [0.4, 0.5) is 4.79 Å². The third-order valence-corrected chi connectivity index (χ3v) is 1.72. The second kappa shape index (κ2) is 11.6. The normalized spacial score (nSPS) is 12.3. The van der Waals surface area contributed by atoms with Crippen molar-refractivity contribution in [3.63, 3.8) is 0 Å². The van der Waals surface area contributed by atoms with Crippen LogP contribution in [-0.2, 0) is 4.74 Å². The molecule has 0 unspecified atom stereocenters. The number of alkyl carbamates (subject to hydrolysis) is 1. The lowest BCUT2D eigenvalue weighted by molar-refractivity contribution is 0.0533. The molecule has 3 nitrogen and oxygen atoms in total. The number of nitrogens with one attached hydrogen (secondary N) is 1. The van der Waals surface area contributed by atoms with Crippen molar-refractivity contribution in [2.45, 2.75) is 54.1 Å². The highest BCUT2D eigenvalue weighted by molar-refractivity contribution is 5.68. The zero-order valence-corrected chi connectivity index (χ0v) is 13.4. The van der Waals surface area contributed by atoms with Gasteiger partial charge in [-0.05, 0) is 40.2 Å². The fraction of sp³-hybridized carbons (Fsp3) is 0.562. The van der Waals surface area contributed by atoms with Crippen LogP contribution in [0.15, 0.2) is 36.0 Å². The van der Waals surface area contributed by atoms with Gasteiger partial charge >= 0.3 is 6.09 Å². The monoisotopic (exact) mass is 267 g/mol. The van der Waals surface area contributed by atoms with E-state index in [0.29, 0.717) is 6.54 Å². The minimum Gasteiger partial charge on any atom is -0.444 e. The third-order valence-electron chi connectivity index (χ3n) is 1.72. The minimum atomic E-state index is -0.460. The van der Waals surface area contributed by atoms with Crippen molar-refractivity contribution < 1.29 is 9.53 Å². The van der Waals surface area contributed by atoms with Crippen LogP contribution in [0, 0.1) is 0 Å². The highest BCUT2D eigenvalue weighted by Gasteiger charge is 2.15. The molecule has 0 aromatic carbocycles. The van der Waals surface area contributed by atoms with Crippen molar-refractivity contribution >= 4 is 6.09 Å². The fourth-order valence-electron chi connectivity index (χ4n) is 1.10. The number of hydrogen-bond donors (Lipinski definition) is 1. The largest absolute Gasteiger partial charge is 0.444 e. The summed E-state index contributed by atoms with van der Waals surface area (Å²) in [6.07, 6.45) is 9.33. The number of ether oxygens (including phenoxy) is 1. The van der Waals surface area contributed by atoms with Crippen LogP contribution >= 0.6 is 0 Å². The second-order valence-corrected chi connectivity index (χ2v) is 4.62. The van der Waals surface area contributed by atoms with Gasteiger partial charge in [-0.1, -0.05) is 44.2 Å². The molecular weight excluding hydrogens is 238 g/mol. The van der Waals surface area contributed by atoms with E-state index in [0.717, 1.165) is 5.57 Å². The Morgan fingerprint density at radius 3 is 2.16 bits per heavy atom. The van der Waals surface area contributed by atoms with Crippen molar-refractivity contribution in [3.8, 4) is 0 Å². The molecule has 110 valence electrons. The molecule has 0 aliphatic heterocycles. The lowest BCUT2D eigenvalue weighted by Gasteiger charge is -2.19. The highest BCUT2D eigenvalue weighted by atomic mass is 16.6. The van der Waals surface area contributed by atoms with Gasteiger partial charge in [0.05, 0.1) is 0 Å². The van der Waals surface area contributed by atoms with E-state index in [1.165, 1.54) is 0 Å². The van der Waals surface area contributed by atoms with E-state index in [4.69, 9.17) is 4.74 Å². The Balaban J connectivity index is 0. The van der Waals surface area contributed by atoms with Crippen molar-refractivity contribution in [2.75, 3.05) is 6.54 Å². The predicted molar refractivity (Wildman–Crippen MR) is 83.3 cm³/mol. The Morgan fingerprint density at radius 2 is 1.74 bits per heavy atom. The SMILES string of the molecule is CC.C\C=C/C=C(\C=C/C)CNC(=O)OC(C)(C)C. The standard InChI is InChI=1S/C14H23NO2.C2H6/c1-6-8-10-12(9-7-2)11-15-13(16)17-14(3,4)5;1-2/h6-10H,11H2,1-5H3,(H,15,16);1-2H3/b8-6-,9-7-,12-10+;. The summed E-state index contributed by atoms with van der Waals surface area (Å²) in [4.78, 5) is 11.4. The topological polar surface area (TPSA) is 38.3 Å². The van der Waals surface area contributed by atoms with Gasteiger partial charge in [-0.25, -0.2) is 4.79 Å². The first-order valence-corrected chi connectivity index (χ1v) is 6.80. The van der Waals surface area contributed by atoms with Gasteiger partial charge in [-0.2, -0.15) is 0 Å². The molecule has 1 N–H and O–H groups in total. The zero-order valence-electron chi connectivity index (χ0n) is 13.4. The molecular formula is C16H29NO2. The predicted octanol–water partition coefficient (Wildman–Crippen LogP) is 4.62. The molecule has 0 saturated carbocycles. The Kier molecular flexibility index (Phi) is 12.1. The summed E-state index contributed by atoms with van der Waals surface area (Å²) in [6, 6.07) is 0. The minimum absolute atomic E-state index is 0.395. The van der Waals surface area contributed by atoms with E-state index in [9.17, 15) is 4.79 Å². The highest BCUT2D eigenvalue weighted by Crippen LogP contribution is 2.06. The van der Waals surface area contributed by atoms with E-state index >= 15 is 0 Å². The van der Waals surface area contributed by atoms with Gasteiger partial charge in [0.25, 0.3) is 0 Å². The Bertz CT molecular complexity index is 320. The van der Waals surface area contributed by atoms with E-state index < -0.39 is 11.7 Å². The molecule has 19 heavy (non-hydrogen) atoms. The first kappa shape index (κ1) is 19.8. The zero-order chi connectivity index (χ0) is 15.3. The maximum Gasteiger partial charge on any atom is 0.407 e. The molecule has 0 saturated heterocycles. The number of amides is 1. The molecule has 0 atom stereocenters. The molecule has 0 aliphatic rings. The van der Waals surface area contributed by atoms with E-state index in [2.05, 4.69) is 5.32 Å². The average Bonchev–Trinajstić information content (AvgIpc) is 2.33. The number of allylic oxidation sites excluding steroid dienone is 4. The van der Waals surface area contributed by atoms with E-state index in [-0.39, 0.29) is 0 Å². The molecule has 0 radical (unpaired) electrons. The van der Waals surface area contributed by atoms with Crippen LogP contribution in [0.5, 0.6) is 0 Å². The number of hydrogen-bond acceptors (Lipinski definition) is 2. The van der Waals surface area contributed by atoms with Gasteiger partial charge in [0, 0.05) is 6.54 Å². The summed E-state index contributed by atoms with van der Waals surface area (Å²) >= 11 is 0. The molecule has 3 heteroatoms. The molecule has 0 fully saturated rings. The first-order chi connectivity index (χ1) is 8.89. The smallest absolute Gasteiger partial charge is 0.407 e. The van der Waals surface area contributed by atoms with Crippen LogP contribution in [0.2, 0.25) is 0 Å². The summed E-state index contributed by atoms with van der Waals surface area (Å²) < 4.78 is 5.15. The summed E-state index contributed by atoms with van der Waals surface area (Å²) in [7, 11) is 0. The number of carbonyl (C=O) groups is 1. The molecule has 1 amide bonds. The van der Waals surface area contributed by atoms with Gasteiger partial charge in [0.2, 0.25) is 0 Å². The maximum atomic E-state index is 11.4. The number of carbonyl (C=O) groups excluding carboxylic acids is 1. The van der Waals surface area contributed by atoms with Gasteiger partial charge < -0.3 is 10.1 Å². The quantitative estimate of drug-likeness (QED) is 0.755. The Morgan fingerprint density at radius 1 is 1.16 bits per heavy atom. The summed E-state index contributed by atoms with van der Waals surface area (Å²) in [6.45, 7) is 13.9. The van der Waals surface area contributed by atoms with Crippen molar-refractivity contribution in [3.05, 3.63) is 36.0 Å². The van der Waals surface area contributed by atoms with Crippen molar-refractivity contribution in [1.82, 2.24) is 5.32 Å². The Labute approximate surface area is 118 Å². The average molecular weight is 267 g/mol. The molecule has 0 bridgehead atoms. The van der Waals surface area contributed by atoms with Crippen molar-refractivity contribution in [1.29, 1.82) is 0 Å². The van der Waals surface area contributed by atoms with Gasteiger partial charge in [-0.3, -0.25) is 0 Å². The molecule has 0 aromatic rings. The third kappa shape index (κ3) is 14.4. The molecule has 0 heterocycles. The summed E-state index contributed by atoms with van der Waals surface area (Å²) in [5.74, 6) is 0. The van der Waals surface area contributed by atoms with Crippen LogP contribution in [0.25, 0.3) is 0 Å². The van der Waals surface area contributed by atoms with Crippen LogP contribution in [0.1, 0.15) is 48.5 Å². The first-order valence-electron chi connectivity index (χ1n) is 6.80. The maximum absolute atomic E-state index is 11.4. The van der Waals surface area contributed by atoms with Crippen LogP contribution in [-0.4, -0.2) is 18.2 Å². The lowest BCUT2D eigenvalue weighted by Crippen LogP contribution is -2.33. The fourth-order valence-corrected chi connectivity index (χ4v) is 1.10. The van der Waals surface area contributed by atoms with Gasteiger partial charge in [0.15, 0.2) is 0 Å².